The Balaban J connectivity index is 2.34. The molecule has 0 fully saturated rings. The first-order chi connectivity index (χ1) is 9.61. The molecule has 0 amide bonds. The SMILES string of the molecule is Cc1cc(C)[n+](CC(=O)c2ccccc2)c(NC#N)n1. The number of aryl methyl sites for hydroxylation is 2. The minimum absolute atomic E-state index is 0.0228. The van der Waals surface area contributed by atoms with Crippen molar-refractivity contribution in [3.05, 3.63) is 53.3 Å². The fraction of sp³-hybridized carbons (Fsp3) is 0.200. The topological polar surface area (TPSA) is 69.7 Å². The van der Waals surface area contributed by atoms with Crippen LogP contribution in [0.1, 0.15) is 21.7 Å². The lowest BCUT2D eigenvalue weighted by Gasteiger charge is -2.07. The third-order valence-corrected chi connectivity index (χ3v) is 2.95. The average Bonchev–Trinajstić information content (AvgIpc) is 2.43. The van der Waals surface area contributed by atoms with E-state index in [9.17, 15) is 4.79 Å². The number of nitriles is 1. The molecule has 20 heavy (non-hydrogen) atoms. The standard InChI is InChI=1S/C15H14N4O/c1-11-8-12(2)19(15(18-11)17-10-16)9-14(20)13-6-4-3-5-7-13/h3-8H,9H2,1-2H3/p+1. The summed E-state index contributed by atoms with van der Waals surface area (Å²) < 4.78 is 1.70. The highest BCUT2D eigenvalue weighted by atomic mass is 16.1. The molecule has 1 N–H and O–H groups in total. The van der Waals surface area contributed by atoms with E-state index in [-0.39, 0.29) is 12.3 Å². The van der Waals surface area contributed by atoms with Crippen molar-refractivity contribution in [2.75, 3.05) is 5.32 Å². The Kier molecular flexibility index (Phi) is 4.06. The molecule has 1 aromatic carbocycles. The van der Waals surface area contributed by atoms with Gasteiger partial charge in [0.05, 0.1) is 5.69 Å². The molecule has 0 unspecified atom stereocenters. The minimum Gasteiger partial charge on any atom is -0.291 e. The number of benzene rings is 1. The summed E-state index contributed by atoms with van der Waals surface area (Å²) >= 11 is 0. The maximum Gasteiger partial charge on any atom is 0.406 e. The van der Waals surface area contributed by atoms with Crippen LogP contribution in [0.5, 0.6) is 0 Å². The zero-order valence-corrected chi connectivity index (χ0v) is 11.4. The number of aromatic nitrogens is 2. The Labute approximate surface area is 117 Å². The van der Waals surface area contributed by atoms with Crippen LogP contribution in [0, 0.1) is 25.3 Å². The molecule has 0 atom stereocenters. The van der Waals surface area contributed by atoms with Gasteiger partial charge in [-0.3, -0.25) is 4.79 Å². The summed E-state index contributed by atoms with van der Waals surface area (Å²) in [4.78, 5) is 16.5. The van der Waals surface area contributed by atoms with Crippen molar-refractivity contribution < 1.29 is 9.36 Å². The van der Waals surface area contributed by atoms with E-state index in [4.69, 9.17) is 5.26 Å². The van der Waals surface area contributed by atoms with Crippen molar-refractivity contribution in [3.8, 4) is 6.19 Å². The van der Waals surface area contributed by atoms with Crippen LogP contribution in [0.2, 0.25) is 0 Å². The summed E-state index contributed by atoms with van der Waals surface area (Å²) in [6, 6.07) is 10.9. The summed E-state index contributed by atoms with van der Waals surface area (Å²) in [5, 5.41) is 11.3. The van der Waals surface area contributed by atoms with E-state index in [1.165, 1.54) is 0 Å². The number of ketones is 1. The van der Waals surface area contributed by atoms with Gasteiger partial charge in [-0.05, 0) is 13.8 Å². The van der Waals surface area contributed by atoms with Crippen molar-refractivity contribution in [1.82, 2.24) is 4.98 Å². The Hall–Kier alpha value is -2.74. The van der Waals surface area contributed by atoms with Gasteiger partial charge in [0.25, 0.3) is 6.19 Å². The van der Waals surface area contributed by atoms with Crippen molar-refractivity contribution in [3.63, 3.8) is 0 Å². The molecule has 0 saturated carbocycles. The largest absolute Gasteiger partial charge is 0.406 e. The lowest BCUT2D eigenvalue weighted by Crippen LogP contribution is -2.44. The number of Topliss-reactive ketones (excluding diaryl/α,β-unsaturated/α-hetero) is 1. The van der Waals surface area contributed by atoms with Crippen LogP contribution in [0.25, 0.3) is 0 Å². The molecular weight excluding hydrogens is 252 g/mol. The first-order valence-corrected chi connectivity index (χ1v) is 6.23. The molecule has 0 aliphatic carbocycles. The molecule has 0 saturated heterocycles. The van der Waals surface area contributed by atoms with Gasteiger partial charge in [0.1, 0.15) is 12.2 Å². The zero-order valence-electron chi connectivity index (χ0n) is 11.4. The van der Waals surface area contributed by atoms with E-state index < -0.39 is 0 Å². The van der Waals surface area contributed by atoms with Crippen molar-refractivity contribution >= 4 is 11.7 Å². The second-order valence-electron chi connectivity index (χ2n) is 4.47. The molecule has 1 heterocycles. The number of nitrogens with zero attached hydrogens (tertiary/aromatic N) is 3. The van der Waals surface area contributed by atoms with Gasteiger partial charge in [0, 0.05) is 11.6 Å². The number of hydrogen-bond donors (Lipinski definition) is 1. The highest BCUT2D eigenvalue weighted by molar-refractivity contribution is 5.95. The van der Waals surface area contributed by atoms with Crippen LogP contribution in [0.3, 0.4) is 0 Å². The fourth-order valence-corrected chi connectivity index (χ4v) is 2.01. The van der Waals surface area contributed by atoms with Gasteiger partial charge >= 0.3 is 5.95 Å². The molecule has 0 aliphatic rings. The van der Waals surface area contributed by atoms with Crippen LogP contribution >= 0.6 is 0 Å². The number of anilines is 1. The van der Waals surface area contributed by atoms with Gasteiger partial charge in [-0.1, -0.05) is 35.3 Å². The highest BCUT2D eigenvalue weighted by Crippen LogP contribution is 2.05. The zero-order chi connectivity index (χ0) is 14.5. The molecule has 1 aromatic heterocycles. The Morgan fingerprint density at radius 2 is 2.05 bits per heavy atom. The van der Waals surface area contributed by atoms with Crippen molar-refractivity contribution in [2.45, 2.75) is 20.4 Å². The second-order valence-corrected chi connectivity index (χ2v) is 4.47. The van der Waals surface area contributed by atoms with Gasteiger partial charge in [-0.15, -0.1) is 0 Å². The molecule has 0 spiro atoms. The summed E-state index contributed by atoms with van der Waals surface area (Å²) in [6.45, 7) is 3.88. The van der Waals surface area contributed by atoms with E-state index >= 15 is 0 Å². The van der Waals surface area contributed by atoms with Crippen molar-refractivity contribution in [1.29, 1.82) is 5.26 Å². The van der Waals surface area contributed by atoms with E-state index in [1.807, 2.05) is 44.3 Å². The second kappa shape index (κ2) is 5.93. The number of carbonyl (C=O) groups excluding carboxylic acids is 1. The lowest BCUT2D eigenvalue weighted by molar-refractivity contribution is -0.677. The van der Waals surface area contributed by atoms with Crippen LogP contribution in [0.15, 0.2) is 36.4 Å². The van der Waals surface area contributed by atoms with E-state index in [1.54, 1.807) is 16.7 Å². The summed E-state index contributed by atoms with van der Waals surface area (Å²) in [7, 11) is 0. The predicted octanol–water partition coefficient (Wildman–Crippen LogP) is 1.76. The number of carbonyl (C=O) groups is 1. The molecule has 100 valence electrons. The Morgan fingerprint density at radius 3 is 2.70 bits per heavy atom. The first kappa shape index (κ1) is 13.7. The van der Waals surface area contributed by atoms with E-state index in [2.05, 4.69) is 10.3 Å². The van der Waals surface area contributed by atoms with E-state index in [0.29, 0.717) is 11.5 Å². The molecule has 2 aromatic rings. The van der Waals surface area contributed by atoms with Crippen molar-refractivity contribution in [2.24, 2.45) is 0 Å². The predicted molar refractivity (Wildman–Crippen MR) is 73.9 cm³/mol. The Morgan fingerprint density at radius 1 is 1.35 bits per heavy atom. The van der Waals surface area contributed by atoms with Crippen LogP contribution < -0.4 is 9.88 Å². The third kappa shape index (κ3) is 2.98. The van der Waals surface area contributed by atoms with Crippen LogP contribution in [-0.2, 0) is 6.54 Å². The van der Waals surface area contributed by atoms with Crippen LogP contribution in [0.4, 0.5) is 5.95 Å². The summed E-state index contributed by atoms with van der Waals surface area (Å²) in [5.74, 6) is 0.361. The van der Waals surface area contributed by atoms with Gasteiger partial charge in [-0.2, -0.15) is 10.6 Å². The molecular formula is C15H15N4O+. The first-order valence-electron chi connectivity index (χ1n) is 6.23. The molecule has 5 heteroatoms. The Bertz CT molecular complexity index is 674. The molecule has 2 rings (SSSR count). The molecule has 0 bridgehead atoms. The van der Waals surface area contributed by atoms with Gasteiger partial charge < -0.3 is 0 Å². The lowest BCUT2D eigenvalue weighted by atomic mass is 10.1. The maximum atomic E-state index is 12.2. The van der Waals surface area contributed by atoms with E-state index in [0.717, 1.165) is 11.4 Å². The number of rotatable bonds is 4. The average molecular weight is 267 g/mol. The van der Waals surface area contributed by atoms with Crippen LogP contribution in [-0.4, -0.2) is 10.8 Å². The normalized spacial score (nSPS) is 9.85. The number of nitrogens with one attached hydrogen (secondary N) is 1. The number of hydrogen-bond acceptors (Lipinski definition) is 4. The highest BCUT2D eigenvalue weighted by Gasteiger charge is 2.18. The van der Waals surface area contributed by atoms with Gasteiger partial charge in [-0.25, -0.2) is 4.57 Å². The molecule has 5 nitrogen and oxygen atoms in total. The van der Waals surface area contributed by atoms with Gasteiger partial charge in [0.15, 0.2) is 5.78 Å². The molecule has 0 aliphatic heterocycles. The maximum absolute atomic E-state index is 12.2. The minimum atomic E-state index is -0.0228. The summed E-state index contributed by atoms with van der Waals surface area (Å²) in [6.07, 6.45) is 1.85. The monoisotopic (exact) mass is 267 g/mol. The summed E-state index contributed by atoms with van der Waals surface area (Å²) in [5.41, 5.74) is 2.31. The fourth-order valence-electron chi connectivity index (χ4n) is 2.01. The third-order valence-electron chi connectivity index (χ3n) is 2.95. The van der Waals surface area contributed by atoms with Gasteiger partial charge in [0.2, 0.25) is 0 Å². The smallest absolute Gasteiger partial charge is 0.291 e. The molecule has 0 radical (unpaired) electrons. The quantitative estimate of drug-likeness (QED) is 0.396.